The van der Waals surface area contributed by atoms with Gasteiger partial charge in [-0.3, -0.25) is 11.3 Å². The summed E-state index contributed by atoms with van der Waals surface area (Å²) >= 11 is 19.9. The predicted octanol–water partition coefficient (Wildman–Crippen LogP) is 4.81. The second-order valence-corrected chi connectivity index (χ2v) is 6.86. The zero-order valence-corrected chi connectivity index (χ0v) is 14.2. The molecule has 6 heteroatoms. The number of halogens is 3. The molecule has 21 heavy (non-hydrogen) atoms. The molecule has 2 rings (SSSR count). The van der Waals surface area contributed by atoms with E-state index >= 15 is 0 Å². The first kappa shape index (κ1) is 16.9. The lowest BCUT2D eigenvalue weighted by Gasteiger charge is -2.17. The number of benzene rings is 2. The van der Waals surface area contributed by atoms with E-state index in [1.807, 2.05) is 36.4 Å². The number of nitrogens with two attached hydrogens (primary N) is 1. The number of hydrogen-bond donors (Lipinski definition) is 2. The van der Waals surface area contributed by atoms with Crippen molar-refractivity contribution in [3.8, 4) is 0 Å². The molecule has 0 amide bonds. The second-order valence-electron chi connectivity index (χ2n) is 4.54. The van der Waals surface area contributed by atoms with Crippen molar-refractivity contribution in [1.29, 1.82) is 0 Å². The molecule has 3 N–H and O–H groups in total. The van der Waals surface area contributed by atoms with Crippen molar-refractivity contribution in [2.24, 2.45) is 5.84 Å². The zero-order chi connectivity index (χ0) is 15.2. The third kappa shape index (κ3) is 5.06. The number of rotatable bonds is 6. The lowest BCUT2D eigenvalue weighted by atomic mass is 10.1. The van der Waals surface area contributed by atoms with Gasteiger partial charge in [-0.05, 0) is 36.2 Å². The van der Waals surface area contributed by atoms with Crippen LogP contribution in [0.4, 0.5) is 0 Å². The first-order valence-corrected chi connectivity index (χ1v) is 8.49. The van der Waals surface area contributed by atoms with Crippen molar-refractivity contribution in [3.63, 3.8) is 0 Å². The average molecular weight is 362 g/mol. The van der Waals surface area contributed by atoms with Gasteiger partial charge >= 0.3 is 0 Å². The van der Waals surface area contributed by atoms with Crippen LogP contribution in [0, 0.1) is 0 Å². The number of nitrogens with one attached hydrogen (secondary N) is 1. The maximum Gasteiger partial charge on any atom is 0.0541 e. The summed E-state index contributed by atoms with van der Waals surface area (Å²) in [6.45, 7) is 0. The predicted molar refractivity (Wildman–Crippen MR) is 93.5 cm³/mol. The lowest BCUT2D eigenvalue weighted by Crippen LogP contribution is -2.38. The maximum absolute atomic E-state index is 6.19. The summed E-state index contributed by atoms with van der Waals surface area (Å²) in [7, 11) is 0. The van der Waals surface area contributed by atoms with E-state index in [9.17, 15) is 0 Å². The Hall–Kier alpha value is -0.420. The molecule has 0 bridgehead atoms. The van der Waals surface area contributed by atoms with Crippen molar-refractivity contribution in [2.75, 3.05) is 5.75 Å². The van der Waals surface area contributed by atoms with E-state index in [0.29, 0.717) is 10.0 Å². The largest absolute Gasteiger partial charge is 0.271 e. The fourth-order valence-corrected chi connectivity index (χ4v) is 3.63. The molecule has 0 aliphatic heterocycles. The van der Waals surface area contributed by atoms with Crippen LogP contribution in [0.2, 0.25) is 15.1 Å². The van der Waals surface area contributed by atoms with Gasteiger partial charge in [0.15, 0.2) is 0 Å². The Kier molecular flexibility index (Phi) is 6.68. The first-order chi connectivity index (χ1) is 10.1. The van der Waals surface area contributed by atoms with E-state index in [-0.39, 0.29) is 6.04 Å². The van der Waals surface area contributed by atoms with Gasteiger partial charge in [-0.15, -0.1) is 11.8 Å². The van der Waals surface area contributed by atoms with Crippen molar-refractivity contribution < 1.29 is 0 Å². The van der Waals surface area contributed by atoms with E-state index < -0.39 is 0 Å². The molecule has 2 aromatic carbocycles. The van der Waals surface area contributed by atoms with Crippen LogP contribution in [0.5, 0.6) is 0 Å². The summed E-state index contributed by atoms with van der Waals surface area (Å²) in [6, 6.07) is 13.3. The SMILES string of the molecule is NNC(CSc1ccccc1Cl)Cc1ccc(Cl)cc1Cl. The molecule has 0 fully saturated rings. The van der Waals surface area contributed by atoms with Crippen molar-refractivity contribution >= 4 is 46.6 Å². The molecule has 1 atom stereocenters. The molecular formula is C15H15Cl3N2S. The fraction of sp³-hybridized carbons (Fsp3) is 0.200. The second kappa shape index (κ2) is 8.28. The standard InChI is InChI=1S/C15H15Cl3N2S/c16-11-6-5-10(14(18)8-11)7-12(20-19)9-21-15-4-2-1-3-13(15)17/h1-6,8,12,20H,7,9,19H2. The van der Waals surface area contributed by atoms with Crippen LogP contribution in [0.1, 0.15) is 5.56 Å². The van der Waals surface area contributed by atoms with Crippen LogP contribution < -0.4 is 11.3 Å². The van der Waals surface area contributed by atoms with Gasteiger partial charge in [0, 0.05) is 26.7 Å². The van der Waals surface area contributed by atoms with E-state index in [2.05, 4.69) is 5.43 Å². The van der Waals surface area contributed by atoms with Crippen molar-refractivity contribution in [1.82, 2.24) is 5.43 Å². The Bertz CT molecular complexity index is 607. The minimum absolute atomic E-state index is 0.0879. The van der Waals surface area contributed by atoms with E-state index in [0.717, 1.165) is 27.7 Å². The molecule has 0 saturated carbocycles. The molecule has 0 saturated heterocycles. The van der Waals surface area contributed by atoms with Gasteiger partial charge in [-0.25, -0.2) is 0 Å². The first-order valence-electron chi connectivity index (χ1n) is 6.37. The minimum atomic E-state index is 0.0879. The summed E-state index contributed by atoms with van der Waals surface area (Å²) < 4.78 is 0. The van der Waals surface area contributed by atoms with Crippen molar-refractivity contribution in [2.45, 2.75) is 17.4 Å². The topological polar surface area (TPSA) is 38.0 Å². The summed E-state index contributed by atoms with van der Waals surface area (Å²) in [5, 5.41) is 2.04. The molecule has 0 aromatic heterocycles. The lowest BCUT2D eigenvalue weighted by molar-refractivity contribution is 0.575. The average Bonchev–Trinajstić information content (AvgIpc) is 2.47. The molecule has 2 aromatic rings. The van der Waals surface area contributed by atoms with E-state index in [1.54, 1.807) is 17.8 Å². The molecule has 0 spiro atoms. The Morgan fingerprint density at radius 2 is 1.81 bits per heavy atom. The van der Waals surface area contributed by atoms with E-state index in [4.69, 9.17) is 40.6 Å². The zero-order valence-electron chi connectivity index (χ0n) is 11.2. The van der Waals surface area contributed by atoms with Gasteiger partial charge in [0.2, 0.25) is 0 Å². The van der Waals surface area contributed by atoms with Crippen molar-refractivity contribution in [3.05, 3.63) is 63.1 Å². The summed E-state index contributed by atoms with van der Waals surface area (Å²) in [4.78, 5) is 1.04. The fourth-order valence-electron chi connectivity index (χ4n) is 1.87. The van der Waals surface area contributed by atoms with Gasteiger partial charge in [-0.2, -0.15) is 0 Å². The van der Waals surface area contributed by atoms with Crippen LogP contribution in [-0.2, 0) is 6.42 Å². The van der Waals surface area contributed by atoms with Crippen LogP contribution in [0.3, 0.4) is 0 Å². The highest BCUT2D eigenvalue weighted by Gasteiger charge is 2.12. The summed E-state index contributed by atoms with van der Waals surface area (Å²) in [5.74, 6) is 6.43. The van der Waals surface area contributed by atoms with Crippen LogP contribution in [0.15, 0.2) is 47.4 Å². The third-order valence-electron chi connectivity index (χ3n) is 2.99. The third-order valence-corrected chi connectivity index (χ3v) is 5.26. The number of hydrazine groups is 1. The highest BCUT2D eigenvalue weighted by molar-refractivity contribution is 7.99. The molecular weight excluding hydrogens is 347 g/mol. The summed E-state index contributed by atoms with van der Waals surface area (Å²) in [5.41, 5.74) is 3.84. The van der Waals surface area contributed by atoms with Gasteiger partial charge in [0.05, 0.1) is 5.02 Å². The Balaban J connectivity index is 1.99. The highest BCUT2D eigenvalue weighted by Crippen LogP contribution is 2.28. The molecule has 1 unspecified atom stereocenters. The van der Waals surface area contributed by atoms with Gasteiger partial charge in [0.1, 0.15) is 0 Å². The normalized spacial score (nSPS) is 12.4. The van der Waals surface area contributed by atoms with Crippen LogP contribution in [-0.4, -0.2) is 11.8 Å². The van der Waals surface area contributed by atoms with Crippen LogP contribution in [0.25, 0.3) is 0 Å². The quantitative estimate of drug-likeness (QED) is 0.440. The number of thioether (sulfide) groups is 1. The monoisotopic (exact) mass is 360 g/mol. The minimum Gasteiger partial charge on any atom is -0.271 e. The smallest absolute Gasteiger partial charge is 0.0541 e. The molecule has 0 aliphatic rings. The molecule has 0 heterocycles. The highest BCUT2D eigenvalue weighted by atomic mass is 35.5. The van der Waals surface area contributed by atoms with E-state index in [1.165, 1.54) is 0 Å². The Morgan fingerprint density at radius 1 is 1.05 bits per heavy atom. The Labute approximate surface area is 143 Å². The van der Waals surface area contributed by atoms with Gasteiger partial charge in [0.25, 0.3) is 0 Å². The maximum atomic E-state index is 6.19. The molecule has 0 aliphatic carbocycles. The molecule has 0 radical (unpaired) electrons. The number of hydrogen-bond acceptors (Lipinski definition) is 3. The summed E-state index contributed by atoms with van der Waals surface area (Å²) in [6.07, 6.45) is 0.726. The Morgan fingerprint density at radius 3 is 2.48 bits per heavy atom. The van der Waals surface area contributed by atoms with Gasteiger partial charge < -0.3 is 0 Å². The molecule has 2 nitrogen and oxygen atoms in total. The molecule has 112 valence electrons. The van der Waals surface area contributed by atoms with Gasteiger partial charge in [-0.1, -0.05) is 53.0 Å². The van der Waals surface area contributed by atoms with Crippen LogP contribution >= 0.6 is 46.6 Å².